The maximum absolute atomic E-state index is 6.43. The zero-order chi connectivity index (χ0) is 15.2. The first-order valence-electron chi connectivity index (χ1n) is 7.62. The van der Waals surface area contributed by atoms with Crippen molar-refractivity contribution in [3.63, 3.8) is 0 Å². The maximum atomic E-state index is 6.43. The van der Waals surface area contributed by atoms with Crippen molar-refractivity contribution in [3.8, 4) is 0 Å². The van der Waals surface area contributed by atoms with E-state index in [-0.39, 0.29) is 6.04 Å². The molecule has 1 aliphatic rings. The van der Waals surface area contributed by atoms with Gasteiger partial charge in [0.05, 0.1) is 13.2 Å². The summed E-state index contributed by atoms with van der Waals surface area (Å²) >= 11 is 8.17. The number of benzene rings is 1. The zero-order valence-electron chi connectivity index (χ0n) is 12.5. The fraction of sp³-hybridized carbons (Fsp3) is 0.412. The van der Waals surface area contributed by atoms with Crippen LogP contribution in [-0.4, -0.2) is 37.7 Å². The number of ether oxygens (including phenoxy) is 1. The van der Waals surface area contributed by atoms with Gasteiger partial charge in [-0.15, -0.1) is 0 Å². The minimum Gasteiger partial charge on any atom is -0.379 e. The van der Waals surface area contributed by atoms with Gasteiger partial charge in [0.25, 0.3) is 0 Å². The smallest absolute Gasteiger partial charge is 0.0594 e. The van der Waals surface area contributed by atoms with E-state index in [9.17, 15) is 0 Å². The van der Waals surface area contributed by atoms with E-state index in [0.29, 0.717) is 0 Å². The molecule has 118 valence electrons. The Balaban J connectivity index is 1.69. The standard InChI is InChI=1S/C17H21ClN2OS/c18-16-4-2-1-3-15(16)17(20-6-8-21-9-7-20)12-19-11-14-5-10-22-13-14/h1-5,10,13,17,19H,6-9,11-12H2. The molecule has 0 spiro atoms. The van der Waals surface area contributed by atoms with Gasteiger partial charge in [0.15, 0.2) is 0 Å². The Kier molecular flexibility index (Phi) is 5.87. The van der Waals surface area contributed by atoms with E-state index in [0.717, 1.165) is 44.4 Å². The van der Waals surface area contributed by atoms with E-state index < -0.39 is 0 Å². The molecule has 1 atom stereocenters. The van der Waals surface area contributed by atoms with Crippen molar-refractivity contribution in [1.82, 2.24) is 10.2 Å². The zero-order valence-corrected chi connectivity index (χ0v) is 14.1. The van der Waals surface area contributed by atoms with Gasteiger partial charge in [-0.25, -0.2) is 0 Å². The lowest BCUT2D eigenvalue weighted by Gasteiger charge is -2.35. The van der Waals surface area contributed by atoms with Gasteiger partial charge < -0.3 is 10.1 Å². The minimum atomic E-state index is 0.288. The van der Waals surface area contributed by atoms with Crippen LogP contribution in [0.4, 0.5) is 0 Å². The molecule has 1 aromatic heterocycles. The summed E-state index contributed by atoms with van der Waals surface area (Å²) in [6, 6.07) is 10.6. The largest absolute Gasteiger partial charge is 0.379 e. The van der Waals surface area contributed by atoms with E-state index in [1.54, 1.807) is 11.3 Å². The fourth-order valence-corrected chi connectivity index (χ4v) is 3.75. The molecule has 3 nitrogen and oxygen atoms in total. The van der Waals surface area contributed by atoms with Crippen molar-refractivity contribution in [1.29, 1.82) is 0 Å². The Labute approximate surface area is 140 Å². The van der Waals surface area contributed by atoms with Crippen LogP contribution in [0.1, 0.15) is 17.2 Å². The van der Waals surface area contributed by atoms with Crippen LogP contribution < -0.4 is 5.32 Å². The molecule has 0 bridgehead atoms. The third-order valence-corrected chi connectivity index (χ3v) is 5.07. The number of thiophene rings is 1. The van der Waals surface area contributed by atoms with Crippen molar-refractivity contribution in [3.05, 3.63) is 57.2 Å². The van der Waals surface area contributed by atoms with E-state index in [2.05, 4.69) is 39.2 Å². The van der Waals surface area contributed by atoms with E-state index in [1.165, 1.54) is 11.1 Å². The molecule has 5 heteroatoms. The molecule has 1 saturated heterocycles. The number of nitrogens with zero attached hydrogens (tertiary/aromatic N) is 1. The topological polar surface area (TPSA) is 24.5 Å². The molecule has 1 unspecified atom stereocenters. The van der Waals surface area contributed by atoms with Crippen LogP contribution in [0.2, 0.25) is 5.02 Å². The minimum absolute atomic E-state index is 0.288. The Morgan fingerprint density at radius 2 is 2.05 bits per heavy atom. The fourth-order valence-electron chi connectivity index (χ4n) is 2.82. The van der Waals surface area contributed by atoms with Gasteiger partial charge in [-0.2, -0.15) is 11.3 Å². The highest BCUT2D eigenvalue weighted by atomic mass is 35.5. The summed E-state index contributed by atoms with van der Waals surface area (Å²) in [7, 11) is 0. The van der Waals surface area contributed by atoms with Crippen LogP contribution >= 0.6 is 22.9 Å². The van der Waals surface area contributed by atoms with Crippen molar-refractivity contribution in [2.75, 3.05) is 32.8 Å². The average molecular weight is 337 g/mol. The highest BCUT2D eigenvalue weighted by molar-refractivity contribution is 7.07. The van der Waals surface area contributed by atoms with E-state index in [1.807, 2.05) is 12.1 Å². The Morgan fingerprint density at radius 3 is 2.77 bits per heavy atom. The number of halogens is 1. The van der Waals surface area contributed by atoms with Crippen LogP contribution in [0, 0.1) is 0 Å². The molecular weight excluding hydrogens is 316 g/mol. The van der Waals surface area contributed by atoms with Crippen molar-refractivity contribution < 1.29 is 4.74 Å². The first-order chi connectivity index (χ1) is 10.8. The molecule has 2 heterocycles. The van der Waals surface area contributed by atoms with E-state index >= 15 is 0 Å². The average Bonchev–Trinajstić information content (AvgIpc) is 3.07. The number of morpholine rings is 1. The highest BCUT2D eigenvalue weighted by Gasteiger charge is 2.23. The van der Waals surface area contributed by atoms with Crippen LogP contribution in [0.5, 0.6) is 0 Å². The quantitative estimate of drug-likeness (QED) is 0.872. The highest BCUT2D eigenvalue weighted by Crippen LogP contribution is 2.27. The molecule has 1 N–H and O–H groups in total. The van der Waals surface area contributed by atoms with Crippen LogP contribution in [0.25, 0.3) is 0 Å². The van der Waals surface area contributed by atoms with Gasteiger partial charge in [-0.05, 0) is 34.0 Å². The first kappa shape index (κ1) is 16.0. The summed E-state index contributed by atoms with van der Waals surface area (Å²) in [5.74, 6) is 0. The molecule has 3 rings (SSSR count). The molecule has 0 radical (unpaired) electrons. The Bertz CT molecular complexity index is 570. The van der Waals surface area contributed by atoms with Crippen LogP contribution in [0.3, 0.4) is 0 Å². The molecule has 22 heavy (non-hydrogen) atoms. The molecule has 1 aromatic carbocycles. The van der Waals surface area contributed by atoms with Crippen LogP contribution in [-0.2, 0) is 11.3 Å². The Hall–Kier alpha value is -0.910. The van der Waals surface area contributed by atoms with Crippen LogP contribution in [0.15, 0.2) is 41.1 Å². The monoisotopic (exact) mass is 336 g/mol. The second-order valence-corrected chi connectivity index (χ2v) is 6.64. The second kappa shape index (κ2) is 8.09. The molecule has 1 aliphatic heterocycles. The summed E-state index contributed by atoms with van der Waals surface area (Å²) in [4.78, 5) is 2.46. The number of rotatable bonds is 6. The van der Waals surface area contributed by atoms with Gasteiger partial charge in [0.2, 0.25) is 0 Å². The number of hydrogen-bond donors (Lipinski definition) is 1. The molecule has 0 amide bonds. The predicted molar refractivity (Wildman–Crippen MR) is 92.6 cm³/mol. The Morgan fingerprint density at radius 1 is 1.23 bits per heavy atom. The second-order valence-electron chi connectivity index (χ2n) is 5.45. The van der Waals surface area contributed by atoms with Gasteiger partial charge in [-0.1, -0.05) is 29.8 Å². The molecule has 1 fully saturated rings. The normalized spacial score (nSPS) is 17.5. The third kappa shape index (κ3) is 4.09. The summed E-state index contributed by atoms with van der Waals surface area (Å²) in [6.45, 7) is 5.29. The lowest BCUT2D eigenvalue weighted by atomic mass is 10.0. The number of nitrogens with one attached hydrogen (secondary N) is 1. The molecule has 2 aromatic rings. The predicted octanol–water partition coefficient (Wildman–Crippen LogP) is 3.56. The number of hydrogen-bond acceptors (Lipinski definition) is 4. The van der Waals surface area contributed by atoms with Gasteiger partial charge in [0.1, 0.15) is 0 Å². The summed E-state index contributed by atoms with van der Waals surface area (Å²) in [6.07, 6.45) is 0. The summed E-state index contributed by atoms with van der Waals surface area (Å²) in [5, 5.41) is 8.72. The van der Waals surface area contributed by atoms with Gasteiger partial charge >= 0.3 is 0 Å². The summed E-state index contributed by atoms with van der Waals surface area (Å²) < 4.78 is 5.49. The lowest BCUT2D eigenvalue weighted by molar-refractivity contribution is 0.0161. The molecule has 0 saturated carbocycles. The lowest BCUT2D eigenvalue weighted by Crippen LogP contribution is -2.42. The summed E-state index contributed by atoms with van der Waals surface area (Å²) in [5.41, 5.74) is 2.54. The first-order valence-corrected chi connectivity index (χ1v) is 8.94. The molecular formula is C17H21ClN2OS. The van der Waals surface area contributed by atoms with Gasteiger partial charge in [0, 0.05) is 37.2 Å². The van der Waals surface area contributed by atoms with Crippen molar-refractivity contribution in [2.45, 2.75) is 12.6 Å². The third-order valence-electron chi connectivity index (χ3n) is 4.00. The van der Waals surface area contributed by atoms with E-state index in [4.69, 9.17) is 16.3 Å². The SMILES string of the molecule is Clc1ccccc1C(CNCc1ccsc1)N1CCOCC1. The van der Waals surface area contributed by atoms with Gasteiger partial charge in [-0.3, -0.25) is 4.90 Å². The maximum Gasteiger partial charge on any atom is 0.0594 e. The van der Waals surface area contributed by atoms with Crippen molar-refractivity contribution >= 4 is 22.9 Å². The van der Waals surface area contributed by atoms with Crippen molar-refractivity contribution in [2.24, 2.45) is 0 Å². The molecule has 0 aliphatic carbocycles.